The molecule has 0 saturated carbocycles. The second-order valence-electron chi connectivity index (χ2n) is 6.19. The molecule has 0 radical (unpaired) electrons. The van der Waals surface area contributed by atoms with Gasteiger partial charge in [0.05, 0.1) is 11.3 Å². The Morgan fingerprint density at radius 3 is 2.46 bits per heavy atom. The van der Waals surface area contributed by atoms with Crippen LogP contribution in [0.25, 0.3) is 5.69 Å². The van der Waals surface area contributed by atoms with Gasteiger partial charge in [-0.05, 0) is 38.8 Å². The molecule has 0 atom stereocenters. The lowest BCUT2D eigenvalue weighted by atomic mass is 9.97. The maximum Gasteiger partial charge on any atom is 0.151 e. The van der Waals surface area contributed by atoms with Crippen LogP contribution in [0.2, 0.25) is 0 Å². The van der Waals surface area contributed by atoms with Crippen molar-refractivity contribution < 1.29 is 13.9 Å². The topological polar surface area (TPSA) is 50.1 Å². The number of hydrogen-bond acceptors (Lipinski definition) is 3. The van der Waals surface area contributed by atoms with Gasteiger partial charge in [-0.15, -0.1) is 0 Å². The molecule has 0 bridgehead atoms. The van der Waals surface area contributed by atoms with Gasteiger partial charge in [0, 0.05) is 30.4 Å². The molecule has 0 aliphatic heterocycles. The Labute approximate surface area is 141 Å². The fourth-order valence-electron chi connectivity index (χ4n) is 2.74. The van der Waals surface area contributed by atoms with Crippen LogP contribution >= 0.6 is 0 Å². The van der Waals surface area contributed by atoms with E-state index >= 15 is 0 Å². The Balaban J connectivity index is 2.20. The maximum atomic E-state index is 14.0. The number of aromatic nitrogens is 2. The summed E-state index contributed by atoms with van der Waals surface area (Å²) in [5.41, 5.74) is 2.03. The quantitative estimate of drug-likeness (QED) is 0.814. The second kappa shape index (κ2) is 7.40. The van der Waals surface area contributed by atoms with Crippen LogP contribution in [0.3, 0.4) is 0 Å². The van der Waals surface area contributed by atoms with E-state index in [-0.39, 0.29) is 5.69 Å². The third-order valence-corrected chi connectivity index (χ3v) is 4.65. The van der Waals surface area contributed by atoms with Gasteiger partial charge in [-0.25, -0.2) is 13.5 Å². The SMILES string of the molecule is CCC(O)(CC)CNCc1c(C)nn(-c2ccc(F)cc2F)c1C. The number of benzene rings is 1. The highest BCUT2D eigenvalue weighted by Gasteiger charge is 2.22. The first-order valence-corrected chi connectivity index (χ1v) is 8.25. The molecule has 0 spiro atoms. The first kappa shape index (κ1) is 18.5. The van der Waals surface area contributed by atoms with Gasteiger partial charge in [-0.3, -0.25) is 0 Å². The monoisotopic (exact) mass is 337 g/mol. The number of halogens is 2. The van der Waals surface area contributed by atoms with Crippen molar-refractivity contribution in [3.05, 3.63) is 46.8 Å². The van der Waals surface area contributed by atoms with Crippen molar-refractivity contribution in [1.29, 1.82) is 0 Å². The van der Waals surface area contributed by atoms with E-state index in [0.29, 0.717) is 25.9 Å². The zero-order valence-electron chi connectivity index (χ0n) is 14.7. The smallest absolute Gasteiger partial charge is 0.151 e. The first-order valence-electron chi connectivity index (χ1n) is 8.25. The number of aliphatic hydroxyl groups is 1. The molecule has 24 heavy (non-hydrogen) atoms. The number of rotatable bonds is 7. The van der Waals surface area contributed by atoms with Crippen molar-refractivity contribution in [1.82, 2.24) is 15.1 Å². The van der Waals surface area contributed by atoms with Gasteiger partial charge in [0.1, 0.15) is 11.5 Å². The summed E-state index contributed by atoms with van der Waals surface area (Å²) in [4.78, 5) is 0. The van der Waals surface area contributed by atoms with Gasteiger partial charge in [-0.1, -0.05) is 13.8 Å². The minimum Gasteiger partial charge on any atom is -0.389 e. The average molecular weight is 337 g/mol. The van der Waals surface area contributed by atoms with Crippen molar-refractivity contribution in [2.75, 3.05) is 6.54 Å². The van der Waals surface area contributed by atoms with Crippen LogP contribution in [-0.4, -0.2) is 27.0 Å². The van der Waals surface area contributed by atoms with E-state index in [9.17, 15) is 13.9 Å². The molecule has 0 saturated heterocycles. The molecular formula is C18H25F2N3O. The van der Waals surface area contributed by atoms with E-state index in [1.54, 1.807) is 0 Å². The molecule has 2 rings (SSSR count). The minimum atomic E-state index is -0.721. The fraction of sp³-hybridized carbons (Fsp3) is 0.500. The van der Waals surface area contributed by atoms with Crippen molar-refractivity contribution in [2.24, 2.45) is 0 Å². The van der Waals surface area contributed by atoms with Gasteiger partial charge in [0.2, 0.25) is 0 Å². The number of aryl methyl sites for hydroxylation is 1. The molecular weight excluding hydrogens is 312 g/mol. The molecule has 2 N–H and O–H groups in total. The van der Waals surface area contributed by atoms with Crippen LogP contribution in [0, 0.1) is 25.5 Å². The summed E-state index contributed by atoms with van der Waals surface area (Å²) in [6, 6.07) is 3.45. The molecule has 0 amide bonds. The van der Waals surface area contributed by atoms with Crippen LogP contribution in [0.4, 0.5) is 8.78 Å². The molecule has 0 aliphatic rings. The normalized spacial score (nSPS) is 12.0. The van der Waals surface area contributed by atoms with Crippen molar-refractivity contribution in [3.8, 4) is 5.69 Å². The van der Waals surface area contributed by atoms with Crippen LogP contribution in [0.5, 0.6) is 0 Å². The van der Waals surface area contributed by atoms with Crippen LogP contribution in [-0.2, 0) is 6.54 Å². The summed E-state index contributed by atoms with van der Waals surface area (Å²) in [7, 11) is 0. The van der Waals surface area contributed by atoms with Crippen LogP contribution < -0.4 is 5.32 Å². The molecule has 1 aromatic carbocycles. The van der Waals surface area contributed by atoms with Gasteiger partial charge in [-0.2, -0.15) is 5.10 Å². The first-order chi connectivity index (χ1) is 11.3. The van der Waals surface area contributed by atoms with Gasteiger partial charge in [0.25, 0.3) is 0 Å². The van der Waals surface area contributed by atoms with Gasteiger partial charge < -0.3 is 10.4 Å². The summed E-state index contributed by atoms with van der Waals surface area (Å²) >= 11 is 0. The molecule has 1 heterocycles. The lowest BCUT2D eigenvalue weighted by molar-refractivity contribution is 0.0323. The fourth-order valence-corrected chi connectivity index (χ4v) is 2.74. The minimum absolute atomic E-state index is 0.224. The molecule has 4 nitrogen and oxygen atoms in total. The molecule has 0 fully saturated rings. The third kappa shape index (κ3) is 3.82. The average Bonchev–Trinajstić information content (AvgIpc) is 2.82. The Morgan fingerprint density at radius 1 is 1.21 bits per heavy atom. The van der Waals surface area contributed by atoms with E-state index in [2.05, 4.69) is 10.4 Å². The van der Waals surface area contributed by atoms with E-state index in [1.165, 1.54) is 16.8 Å². The lowest BCUT2D eigenvalue weighted by Gasteiger charge is -2.25. The number of nitrogens with one attached hydrogen (secondary N) is 1. The highest BCUT2D eigenvalue weighted by Crippen LogP contribution is 2.21. The second-order valence-corrected chi connectivity index (χ2v) is 6.19. The summed E-state index contributed by atoms with van der Waals surface area (Å²) in [5.74, 6) is -1.26. The number of nitrogens with zero attached hydrogens (tertiary/aromatic N) is 2. The Hall–Kier alpha value is -1.79. The van der Waals surface area contributed by atoms with Crippen LogP contribution in [0.1, 0.15) is 43.6 Å². The van der Waals surface area contributed by atoms with E-state index in [0.717, 1.165) is 23.0 Å². The molecule has 0 aliphatic carbocycles. The van der Waals surface area contributed by atoms with E-state index in [1.807, 2.05) is 27.7 Å². The third-order valence-electron chi connectivity index (χ3n) is 4.65. The summed E-state index contributed by atoms with van der Waals surface area (Å²) in [5, 5.41) is 18.0. The zero-order valence-corrected chi connectivity index (χ0v) is 14.7. The van der Waals surface area contributed by atoms with Crippen molar-refractivity contribution in [3.63, 3.8) is 0 Å². The zero-order chi connectivity index (χ0) is 17.9. The van der Waals surface area contributed by atoms with Crippen LogP contribution in [0.15, 0.2) is 18.2 Å². The predicted molar refractivity (Wildman–Crippen MR) is 90.2 cm³/mol. The van der Waals surface area contributed by atoms with Crippen molar-refractivity contribution in [2.45, 2.75) is 52.7 Å². The highest BCUT2D eigenvalue weighted by molar-refractivity contribution is 5.38. The Bertz CT molecular complexity index is 709. The summed E-state index contributed by atoms with van der Waals surface area (Å²) < 4.78 is 28.6. The molecule has 0 unspecified atom stereocenters. The van der Waals surface area contributed by atoms with Crippen molar-refractivity contribution >= 4 is 0 Å². The van der Waals surface area contributed by atoms with Gasteiger partial charge >= 0.3 is 0 Å². The van der Waals surface area contributed by atoms with E-state index in [4.69, 9.17) is 0 Å². The summed E-state index contributed by atoms with van der Waals surface area (Å²) in [6.45, 7) is 8.63. The Kier molecular flexibility index (Phi) is 5.72. The highest BCUT2D eigenvalue weighted by atomic mass is 19.1. The molecule has 2 aromatic rings. The molecule has 132 valence electrons. The maximum absolute atomic E-state index is 14.0. The van der Waals surface area contributed by atoms with Gasteiger partial charge in [0.15, 0.2) is 5.82 Å². The summed E-state index contributed by atoms with van der Waals surface area (Å²) in [6.07, 6.45) is 1.35. The van der Waals surface area contributed by atoms with E-state index < -0.39 is 17.2 Å². The Morgan fingerprint density at radius 2 is 1.88 bits per heavy atom. The largest absolute Gasteiger partial charge is 0.389 e. The lowest BCUT2D eigenvalue weighted by Crippen LogP contribution is -2.39. The molecule has 6 heteroatoms. The predicted octanol–water partition coefficient (Wildman–Crippen LogP) is 3.41. The standard InChI is InChI=1S/C18H25F2N3O/c1-5-18(24,6-2)11-21-10-15-12(3)22-23(13(15)4)17-8-7-14(19)9-16(17)20/h7-9,21,24H,5-6,10-11H2,1-4H3. The molecule has 1 aromatic heterocycles. The number of hydrogen-bond donors (Lipinski definition) is 2.